The smallest absolute Gasteiger partial charge is 0.0118 e. The van der Waals surface area contributed by atoms with Gasteiger partial charge in [0.2, 0.25) is 0 Å². The molecule has 1 heteroatoms. The van der Waals surface area contributed by atoms with Gasteiger partial charge in [0.15, 0.2) is 0 Å². The molecule has 0 radical (unpaired) electrons. The van der Waals surface area contributed by atoms with Gasteiger partial charge in [-0.1, -0.05) is 32.9 Å². The summed E-state index contributed by atoms with van der Waals surface area (Å²) in [5, 5.41) is 0. The van der Waals surface area contributed by atoms with Crippen LogP contribution < -0.4 is 0 Å². The summed E-state index contributed by atoms with van der Waals surface area (Å²) in [5.41, 5.74) is 0. The second-order valence-corrected chi connectivity index (χ2v) is 3.83. The standard InChI is InChI=1S/C12H25N/c1-6-9-10-11(4)12(7-2)13(5)8-3/h6,9,11-12H,7-8,10H2,1-5H3/b9-6-. The van der Waals surface area contributed by atoms with E-state index >= 15 is 0 Å². The minimum absolute atomic E-state index is 0.737. The zero-order chi connectivity index (χ0) is 10.3. The van der Waals surface area contributed by atoms with Crippen molar-refractivity contribution in [2.75, 3.05) is 13.6 Å². The fourth-order valence-electron chi connectivity index (χ4n) is 1.89. The van der Waals surface area contributed by atoms with Crippen LogP contribution in [0.4, 0.5) is 0 Å². The number of hydrogen-bond donors (Lipinski definition) is 0. The molecule has 78 valence electrons. The van der Waals surface area contributed by atoms with E-state index in [-0.39, 0.29) is 0 Å². The van der Waals surface area contributed by atoms with Crippen LogP contribution >= 0.6 is 0 Å². The maximum atomic E-state index is 2.45. The first-order valence-electron chi connectivity index (χ1n) is 5.48. The van der Waals surface area contributed by atoms with Crippen molar-refractivity contribution in [3.8, 4) is 0 Å². The molecule has 0 spiro atoms. The summed E-state index contributed by atoms with van der Waals surface area (Å²) in [4.78, 5) is 2.45. The largest absolute Gasteiger partial charge is 0.303 e. The van der Waals surface area contributed by atoms with Crippen LogP contribution in [-0.4, -0.2) is 24.5 Å². The monoisotopic (exact) mass is 183 g/mol. The van der Waals surface area contributed by atoms with E-state index in [1.807, 2.05) is 0 Å². The number of hydrogen-bond acceptors (Lipinski definition) is 1. The number of rotatable bonds is 6. The molecular weight excluding hydrogens is 158 g/mol. The maximum absolute atomic E-state index is 2.45. The molecule has 0 aliphatic heterocycles. The highest BCUT2D eigenvalue weighted by Gasteiger charge is 2.17. The van der Waals surface area contributed by atoms with Gasteiger partial charge >= 0.3 is 0 Å². The van der Waals surface area contributed by atoms with Crippen LogP contribution in [-0.2, 0) is 0 Å². The first kappa shape index (κ1) is 12.7. The van der Waals surface area contributed by atoms with Crippen molar-refractivity contribution in [2.24, 2.45) is 5.92 Å². The molecule has 0 aromatic heterocycles. The van der Waals surface area contributed by atoms with Gasteiger partial charge in [0.25, 0.3) is 0 Å². The van der Waals surface area contributed by atoms with Crippen LogP contribution in [0.5, 0.6) is 0 Å². The lowest BCUT2D eigenvalue weighted by Crippen LogP contribution is -2.36. The third kappa shape index (κ3) is 4.47. The van der Waals surface area contributed by atoms with Gasteiger partial charge in [-0.15, -0.1) is 0 Å². The molecule has 0 aromatic rings. The van der Waals surface area contributed by atoms with Gasteiger partial charge in [0.1, 0.15) is 0 Å². The molecule has 13 heavy (non-hydrogen) atoms. The van der Waals surface area contributed by atoms with E-state index in [9.17, 15) is 0 Å². The molecule has 0 N–H and O–H groups in total. The van der Waals surface area contributed by atoms with Crippen molar-refractivity contribution in [3.63, 3.8) is 0 Å². The van der Waals surface area contributed by atoms with Crippen LogP contribution in [0.25, 0.3) is 0 Å². The average Bonchev–Trinajstić information content (AvgIpc) is 2.15. The first-order chi connectivity index (χ1) is 6.17. The van der Waals surface area contributed by atoms with E-state index in [1.54, 1.807) is 0 Å². The average molecular weight is 183 g/mol. The first-order valence-corrected chi connectivity index (χ1v) is 5.48. The second kappa shape index (κ2) is 7.14. The summed E-state index contributed by atoms with van der Waals surface area (Å²) in [5.74, 6) is 0.770. The fourth-order valence-corrected chi connectivity index (χ4v) is 1.89. The van der Waals surface area contributed by atoms with E-state index in [4.69, 9.17) is 0 Å². The van der Waals surface area contributed by atoms with Gasteiger partial charge in [-0.3, -0.25) is 0 Å². The lowest BCUT2D eigenvalue weighted by molar-refractivity contribution is 0.186. The molecule has 0 aliphatic carbocycles. The van der Waals surface area contributed by atoms with Crippen molar-refractivity contribution in [1.29, 1.82) is 0 Å². The molecule has 0 fully saturated rings. The molecule has 0 saturated heterocycles. The number of allylic oxidation sites excluding steroid dienone is 2. The Hall–Kier alpha value is -0.300. The lowest BCUT2D eigenvalue weighted by Gasteiger charge is -2.30. The molecule has 0 bridgehead atoms. The van der Waals surface area contributed by atoms with E-state index < -0.39 is 0 Å². The molecule has 2 atom stereocenters. The van der Waals surface area contributed by atoms with Crippen molar-refractivity contribution in [1.82, 2.24) is 4.90 Å². The Morgan fingerprint density at radius 3 is 2.31 bits per heavy atom. The fraction of sp³-hybridized carbons (Fsp3) is 0.833. The highest BCUT2D eigenvalue weighted by molar-refractivity contribution is 4.83. The molecule has 0 saturated carbocycles. The molecule has 0 aromatic carbocycles. The molecule has 1 nitrogen and oxygen atoms in total. The van der Waals surface area contributed by atoms with Crippen LogP contribution in [0.15, 0.2) is 12.2 Å². The summed E-state index contributed by atoms with van der Waals surface area (Å²) in [6.07, 6.45) is 6.88. The topological polar surface area (TPSA) is 3.24 Å². The Labute approximate surface area is 83.8 Å². The summed E-state index contributed by atoms with van der Waals surface area (Å²) >= 11 is 0. The molecule has 0 rings (SSSR count). The maximum Gasteiger partial charge on any atom is 0.0118 e. The van der Waals surface area contributed by atoms with Crippen LogP contribution in [0.2, 0.25) is 0 Å². The minimum atomic E-state index is 0.737. The summed E-state index contributed by atoms with van der Waals surface area (Å²) in [7, 11) is 2.22. The quantitative estimate of drug-likeness (QED) is 0.571. The zero-order valence-corrected chi connectivity index (χ0v) is 9.88. The Morgan fingerprint density at radius 1 is 1.31 bits per heavy atom. The van der Waals surface area contributed by atoms with E-state index in [0.717, 1.165) is 18.5 Å². The van der Waals surface area contributed by atoms with Gasteiger partial charge in [0.05, 0.1) is 0 Å². The third-order valence-electron chi connectivity index (χ3n) is 2.88. The third-order valence-corrected chi connectivity index (χ3v) is 2.88. The van der Waals surface area contributed by atoms with E-state index in [0.29, 0.717) is 0 Å². The van der Waals surface area contributed by atoms with Gasteiger partial charge in [-0.25, -0.2) is 0 Å². The van der Waals surface area contributed by atoms with Crippen LogP contribution in [0.3, 0.4) is 0 Å². The predicted molar refractivity (Wildman–Crippen MR) is 61.0 cm³/mol. The molecular formula is C12H25N. The zero-order valence-electron chi connectivity index (χ0n) is 9.88. The van der Waals surface area contributed by atoms with Crippen LogP contribution in [0.1, 0.15) is 40.5 Å². The van der Waals surface area contributed by atoms with Gasteiger partial charge in [-0.2, -0.15) is 0 Å². The Bertz CT molecular complexity index is 140. The van der Waals surface area contributed by atoms with Crippen LogP contribution in [0, 0.1) is 5.92 Å². The van der Waals surface area contributed by atoms with Crippen molar-refractivity contribution in [2.45, 2.75) is 46.6 Å². The SMILES string of the molecule is C/C=C\CC(C)C(CC)N(C)CC. The van der Waals surface area contributed by atoms with E-state index in [1.165, 1.54) is 12.8 Å². The normalized spacial score (nSPS) is 16.8. The van der Waals surface area contributed by atoms with Crippen molar-refractivity contribution in [3.05, 3.63) is 12.2 Å². The van der Waals surface area contributed by atoms with Crippen molar-refractivity contribution < 1.29 is 0 Å². The van der Waals surface area contributed by atoms with Gasteiger partial charge in [0, 0.05) is 6.04 Å². The van der Waals surface area contributed by atoms with Crippen molar-refractivity contribution >= 4 is 0 Å². The van der Waals surface area contributed by atoms with Gasteiger partial charge in [-0.05, 0) is 39.3 Å². The van der Waals surface area contributed by atoms with E-state index in [2.05, 4.69) is 51.8 Å². The Balaban J connectivity index is 4.05. The van der Waals surface area contributed by atoms with Gasteiger partial charge < -0.3 is 4.90 Å². The Morgan fingerprint density at radius 2 is 1.92 bits per heavy atom. The molecule has 0 heterocycles. The molecule has 2 unspecified atom stereocenters. The highest BCUT2D eigenvalue weighted by atomic mass is 15.1. The molecule has 0 amide bonds. The lowest BCUT2D eigenvalue weighted by atomic mass is 9.95. The Kier molecular flexibility index (Phi) is 6.97. The predicted octanol–water partition coefficient (Wildman–Crippen LogP) is 3.32. The summed E-state index contributed by atoms with van der Waals surface area (Å²) in [6.45, 7) is 10.1. The second-order valence-electron chi connectivity index (χ2n) is 3.83. The highest BCUT2D eigenvalue weighted by Crippen LogP contribution is 2.17. The summed E-state index contributed by atoms with van der Waals surface area (Å²) < 4.78 is 0. The minimum Gasteiger partial charge on any atom is -0.303 e. The molecule has 0 aliphatic rings. The number of nitrogens with zero attached hydrogens (tertiary/aromatic N) is 1. The summed E-state index contributed by atoms with van der Waals surface area (Å²) in [6, 6.07) is 0.737.